The molecule has 104 valence electrons. The predicted molar refractivity (Wildman–Crippen MR) is 84.7 cm³/mol. The van der Waals surface area contributed by atoms with E-state index in [1.807, 2.05) is 36.4 Å². The Kier molecular flexibility index (Phi) is 3.76. The lowest BCUT2D eigenvalue weighted by molar-refractivity contribution is 0.0952. The topological polar surface area (TPSA) is 55.1 Å². The average molecular weight is 333 g/mol. The van der Waals surface area contributed by atoms with Crippen molar-refractivity contribution in [2.24, 2.45) is 11.7 Å². The maximum absolute atomic E-state index is 12.4. The van der Waals surface area contributed by atoms with Crippen LogP contribution >= 0.6 is 15.9 Å². The van der Waals surface area contributed by atoms with Gasteiger partial charge in [-0.15, -0.1) is 0 Å². The molecule has 1 saturated carbocycles. The SMILES string of the molecule is NC(CNC(=O)c1cc(Br)cc2ccccc12)C1CC1. The highest BCUT2D eigenvalue weighted by molar-refractivity contribution is 9.10. The van der Waals surface area contributed by atoms with Gasteiger partial charge in [-0.3, -0.25) is 4.79 Å². The Morgan fingerprint density at radius 2 is 2.10 bits per heavy atom. The first-order valence-electron chi connectivity index (χ1n) is 6.87. The van der Waals surface area contributed by atoms with Crippen LogP contribution in [0.15, 0.2) is 40.9 Å². The van der Waals surface area contributed by atoms with E-state index in [-0.39, 0.29) is 11.9 Å². The van der Waals surface area contributed by atoms with Crippen molar-refractivity contribution in [3.8, 4) is 0 Å². The Balaban J connectivity index is 1.83. The summed E-state index contributed by atoms with van der Waals surface area (Å²) >= 11 is 3.46. The molecule has 1 aliphatic carbocycles. The summed E-state index contributed by atoms with van der Waals surface area (Å²) in [6, 6.07) is 11.9. The molecule has 1 atom stereocenters. The van der Waals surface area contributed by atoms with Gasteiger partial charge in [-0.05, 0) is 41.7 Å². The minimum atomic E-state index is -0.0569. The van der Waals surface area contributed by atoms with Gasteiger partial charge in [-0.1, -0.05) is 40.2 Å². The molecule has 20 heavy (non-hydrogen) atoms. The highest BCUT2D eigenvalue weighted by Gasteiger charge is 2.28. The van der Waals surface area contributed by atoms with Crippen molar-refractivity contribution in [1.29, 1.82) is 0 Å². The van der Waals surface area contributed by atoms with Gasteiger partial charge >= 0.3 is 0 Å². The molecular weight excluding hydrogens is 316 g/mol. The number of nitrogens with one attached hydrogen (secondary N) is 1. The van der Waals surface area contributed by atoms with Gasteiger partial charge in [0.05, 0.1) is 0 Å². The number of amides is 1. The van der Waals surface area contributed by atoms with Gasteiger partial charge in [-0.2, -0.15) is 0 Å². The average Bonchev–Trinajstić information content (AvgIpc) is 3.28. The molecule has 1 fully saturated rings. The number of carbonyl (C=O) groups is 1. The highest BCUT2D eigenvalue weighted by atomic mass is 79.9. The predicted octanol–water partition coefficient (Wildman–Crippen LogP) is 3.07. The molecule has 2 aromatic carbocycles. The monoisotopic (exact) mass is 332 g/mol. The largest absolute Gasteiger partial charge is 0.350 e. The summed E-state index contributed by atoms with van der Waals surface area (Å²) in [5.41, 5.74) is 6.72. The third-order valence-corrected chi connectivity index (χ3v) is 4.25. The fraction of sp³-hybridized carbons (Fsp3) is 0.312. The molecule has 1 aliphatic rings. The summed E-state index contributed by atoms with van der Waals surface area (Å²) in [5, 5.41) is 4.97. The second-order valence-corrected chi connectivity index (χ2v) is 6.30. The maximum atomic E-state index is 12.4. The third-order valence-electron chi connectivity index (χ3n) is 3.80. The summed E-state index contributed by atoms with van der Waals surface area (Å²) in [7, 11) is 0. The van der Waals surface area contributed by atoms with Crippen LogP contribution in [-0.2, 0) is 0 Å². The Hall–Kier alpha value is -1.39. The molecule has 0 heterocycles. The first-order valence-corrected chi connectivity index (χ1v) is 7.66. The van der Waals surface area contributed by atoms with Crippen molar-refractivity contribution in [3.05, 3.63) is 46.4 Å². The lowest BCUT2D eigenvalue weighted by atomic mass is 10.0. The van der Waals surface area contributed by atoms with Gasteiger partial charge in [0.2, 0.25) is 0 Å². The molecular formula is C16H17BrN2O. The molecule has 3 nitrogen and oxygen atoms in total. The second kappa shape index (κ2) is 5.54. The standard InChI is InChI=1S/C16H17BrN2O/c17-12-7-11-3-1-2-4-13(11)14(8-12)16(20)19-9-15(18)10-5-6-10/h1-4,7-8,10,15H,5-6,9,18H2,(H,19,20). The van der Waals surface area contributed by atoms with Crippen LogP contribution in [0.5, 0.6) is 0 Å². The third kappa shape index (κ3) is 2.86. The number of nitrogens with two attached hydrogens (primary N) is 1. The van der Waals surface area contributed by atoms with Crippen molar-refractivity contribution in [2.75, 3.05) is 6.54 Å². The van der Waals surface area contributed by atoms with Crippen molar-refractivity contribution < 1.29 is 4.79 Å². The second-order valence-electron chi connectivity index (χ2n) is 5.39. The zero-order chi connectivity index (χ0) is 14.1. The van der Waals surface area contributed by atoms with Crippen LogP contribution in [0.1, 0.15) is 23.2 Å². The Morgan fingerprint density at radius 1 is 1.35 bits per heavy atom. The van der Waals surface area contributed by atoms with Crippen molar-refractivity contribution >= 4 is 32.6 Å². The Labute approximate surface area is 126 Å². The summed E-state index contributed by atoms with van der Waals surface area (Å²) in [6.45, 7) is 0.546. The molecule has 0 saturated heterocycles. The van der Waals surface area contributed by atoms with E-state index in [0.29, 0.717) is 18.0 Å². The zero-order valence-corrected chi connectivity index (χ0v) is 12.7. The van der Waals surface area contributed by atoms with Crippen molar-refractivity contribution in [3.63, 3.8) is 0 Å². The molecule has 2 aromatic rings. The van der Waals surface area contributed by atoms with E-state index in [2.05, 4.69) is 21.2 Å². The number of benzene rings is 2. The molecule has 4 heteroatoms. The molecule has 0 bridgehead atoms. The van der Waals surface area contributed by atoms with Gasteiger partial charge in [0.15, 0.2) is 0 Å². The van der Waals surface area contributed by atoms with Gasteiger partial charge in [-0.25, -0.2) is 0 Å². The van der Waals surface area contributed by atoms with E-state index < -0.39 is 0 Å². The number of halogens is 1. The molecule has 3 N–H and O–H groups in total. The van der Waals surface area contributed by atoms with Crippen molar-refractivity contribution in [2.45, 2.75) is 18.9 Å². The van der Waals surface area contributed by atoms with Crippen LogP contribution in [0.25, 0.3) is 10.8 Å². The van der Waals surface area contributed by atoms with Crippen LogP contribution < -0.4 is 11.1 Å². The number of hydrogen-bond donors (Lipinski definition) is 2. The van der Waals surface area contributed by atoms with E-state index in [0.717, 1.165) is 15.2 Å². The van der Waals surface area contributed by atoms with Crippen LogP contribution in [0.4, 0.5) is 0 Å². The van der Waals surface area contributed by atoms with Gasteiger partial charge < -0.3 is 11.1 Å². The number of hydrogen-bond acceptors (Lipinski definition) is 2. The first-order chi connectivity index (χ1) is 9.65. The number of rotatable bonds is 4. The summed E-state index contributed by atoms with van der Waals surface area (Å²) in [6.07, 6.45) is 2.38. The molecule has 1 amide bonds. The summed E-state index contributed by atoms with van der Waals surface area (Å²) in [4.78, 5) is 12.4. The van der Waals surface area contributed by atoms with E-state index in [4.69, 9.17) is 5.73 Å². The first kappa shape index (κ1) is 13.6. The molecule has 0 radical (unpaired) electrons. The maximum Gasteiger partial charge on any atom is 0.252 e. The normalized spacial score (nSPS) is 16.1. The van der Waals surface area contributed by atoms with Crippen molar-refractivity contribution in [1.82, 2.24) is 5.32 Å². The molecule has 3 rings (SSSR count). The van der Waals surface area contributed by atoms with Gasteiger partial charge in [0, 0.05) is 22.6 Å². The molecule has 0 spiro atoms. The lowest BCUT2D eigenvalue weighted by Gasteiger charge is -2.13. The van der Waals surface area contributed by atoms with Gasteiger partial charge in [0.1, 0.15) is 0 Å². The summed E-state index contributed by atoms with van der Waals surface area (Å²) in [5.74, 6) is 0.535. The van der Waals surface area contributed by atoms with Crippen LogP contribution in [-0.4, -0.2) is 18.5 Å². The van der Waals surface area contributed by atoms with Crippen LogP contribution in [0.2, 0.25) is 0 Å². The van der Waals surface area contributed by atoms with E-state index in [1.54, 1.807) is 0 Å². The fourth-order valence-corrected chi connectivity index (χ4v) is 2.93. The molecule has 1 unspecified atom stereocenters. The quantitative estimate of drug-likeness (QED) is 0.903. The fourth-order valence-electron chi connectivity index (χ4n) is 2.46. The molecule has 0 aromatic heterocycles. The summed E-state index contributed by atoms with van der Waals surface area (Å²) < 4.78 is 0.910. The van der Waals surface area contributed by atoms with E-state index in [9.17, 15) is 4.79 Å². The van der Waals surface area contributed by atoms with E-state index in [1.165, 1.54) is 12.8 Å². The van der Waals surface area contributed by atoms with Crippen LogP contribution in [0, 0.1) is 5.92 Å². The van der Waals surface area contributed by atoms with E-state index >= 15 is 0 Å². The minimum absolute atomic E-state index is 0.0569. The van der Waals surface area contributed by atoms with Crippen LogP contribution in [0.3, 0.4) is 0 Å². The molecule has 0 aliphatic heterocycles. The van der Waals surface area contributed by atoms with Gasteiger partial charge in [0.25, 0.3) is 5.91 Å². The Bertz CT molecular complexity index is 652. The lowest BCUT2D eigenvalue weighted by Crippen LogP contribution is -2.38. The Morgan fingerprint density at radius 3 is 2.85 bits per heavy atom. The smallest absolute Gasteiger partial charge is 0.252 e. The number of fused-ring (bicyclic) bond motifs is 1. The zero-order valence-electron chi connectivity index (χ0n) is 11.1. The highest BCUT2D eigenvalue weighted by Crippen LogP contribution is 2.31. The number of carbonyl (C=O) groups excluding carboxylic acids is 1. The minimum Gasteiger partial charge on any atom is -0.350 e.